The molecule has 1 heterocycles. The number of hydrogen-bond acceptors (Lipinski definition) is 5. The van der Waals surface area contributed by atoms with E-state index in [-0.39, 0.29) is 27.3 Å². The summed E-state index contributed by atoms with van der Waals surface area (Å²) < 4.78 is 24.3. The molecule has 27 heavy (non-hydrogen) atoms. The van der Waals surface area contributed by atoms with E-state index in [1.807, 2.05) is 0 Å². The van der Waals surface area contributed by atoms with Crippen molar-refractivity contribution in [3.05, 3.63) is 59.2 Å². The van der Waals surface area contributed by atoms with Gasteiger partial charge in [-0.15, -0.1) is 0 Å². The van der Waals surface area contributed by atoms with Crippen molar-refractivity contribution in [2.24, 2.45) is 0 Å². The molecule has 8 heteroatoms. The molecular weight excluding hydrogens is 368 g/mol. The topological polar surface area (TPSA) is 101 Å². The molecule has 2 aromatic carbocycles. The van der Waals surface area contributed by atoms with Crippen molar-refractivity contribution in [2.75, 3.05) is 12.4 Å². The maximum absolute atomic E-state index is 12.5. The van der Waals surface area contributed by atoms with E-state index in [1.54, 1.807) is 26.0 Å². The van der Waals surface area contributed by atoms with Crippen LogP contribution in [0.4, 0.5) is 5.69 Å². The van der Waals surface area contributed by atoms with Crippen LogP contribution in [-0.2, 0) is 9.84 Å². The predicted octanol–water partition coefficient (Wildman–Crippen LogP) is 2.35. The number of sulfone groups is 1. The lowest BCUT2D eigenvalue weighted by atomic mass is 10.1. The van der Waals surface area contributed by atoms with Crippen LogP contribution < -0.4 is 5.32 Å². The van der Waals surface area contributed by atoms with Crippen LogP contribution in [0.2, 0.25) is 0 Å². The van der Waals surface area contributed by atoms with Gasteiger partial charge in [0.2, 0.25) is 0 Å². The van der Waals surface area contributed by atoms with E-state index in [4.69, 9.17) is 0 Å². The smallest absolute Gasteiger partial charge is 0.263 e. The molecule has 1 aliphatic rings. The lowest BCUT2D eigenvalue weighted by Gasteiger charge is -2.10. The van der Waals surface area contributed by atoms with Crippen molar-refractivity contribution in [3.8, 4) is 0 Å². The Morgan fingerprint density at radius 1 is 1.00 bits per heavy atom. The van der Waals surface area contributed by atoms with Crippen LogP contribution in [0.1, 0.15) is 44.9 Å². The Labute approximate surface area is 156 Å². The van der Waals surface area contributed by atoms with Gasteiger partial charge < -0.3 is 5.32 Å². The monoisotopic (exact) mass is 386 g/mol. The van der Waals surface area contributed by atoms with Crippen molar-refractivity contribution in [1.29, 1.82) is 0 Å². The molecule has 0 saturated carbocycles. The Bertz CT molecular complexity index is 1060. The second-order valence-electron chi connectivity index (χ2n) is 6.47. The van der Waals surface area contributed by atoms with E-state index >= 15 is 0 Å². The summed E-state index contributed by atoms with van der Waals surface area (Å²) >= 11 is 0. The molecule has 1 aliphatic heterocycles. The summed E-state index contributed by atoms with van der Waals surface area (Å²) in [5.74, 6) is -1.41. The summed E-state index contributed by atoms with van der Waals surface area (Å²) in [6.07, 6.45) is 0. The van der Waals surface area contributed by atoms with E-state index in [2.05, 4.69) is 5.32 Å². The van der Waals surface area contributed by atoms with Gasteiger partial charge in [-0.25, -0.2) is 8.42 Å². The van der Waals surface area contributed by atoms with Crippen LogP contribution in [-0.4, -0.2) is 43.3 Å². The van der Waals surface area contributed by atoms with Gasteiger partial charge in [-0.2, -0.15) is 0 Å². The Morgan fingerprint density at radius 3 is 2.22 bits per heavy atom. The van der Waals surface area contributed by atoms with Crippen molar-refractivity contribution < 1.29 is 22.8 Å². The summed E-state index contributed by atoms with van der Waals surface area (Å²) in [6.45, 7) is 3.17. The number of amides is 3. The Balaban J connectivity index is 1.88. The molecule has 0 aliphatic carbocycles. The molecule has 0 spiro atoms. The van der Waals surface area contributed by atoms with Crippen molar-refractivity contribution in [1.82, 2.24) is 4.90 Å². The Kier molecular flexibility index (Phi) is 4.61. The van der Waals surface area contributed by atoms with E-state index in [1.165, 1.54) is 37.4 Å². The quantitative estimate of drug-likeness (QED) is 0.813. The van der Waals surface area contributed by atoms with Gasteiger partial charge in [-0.3, -0.25) is 19.3 Å². The zero-order valence-electron chi connectivity index (χ0n) is 15.0. The van der Waals surface area contributed by atoms with Crippen molar-refractivity contribution >= 4 is 33.2 Å². The number of anilines is 1. The van der Waals surface area contributed by atoms with E-state index in [0.717, 1.165) is 4.90 Å². The van der Waals surface area contributed by atoms with Gasteiger partial charge in [0.1, 0.15) is 0 Å². The number of rotatable bonds is 4. The molecule has 0 fully saturated rings. The molecule has 0 radical (unpaired) electrons. The fourth-order valence-electron chi connectivity index (χ4n) is 2.77. The summed E-state index contributed by atoms with van der Waals surface area (Å²) in [7, 11) is -2.05. The lowest BCUT2D eigenvalue weighted by Crippen LogP contribution is -2.24. The Hall–Kier alpha value is -3.00. The van der Waals surface area contributed by atoms with Gasteiger partial charge >= 0.3 is 0 Å². The van der Waals surface area contributed by atoms with Gasteiger partial charge in [0.15, 0.2) is 9.84 Å². The number of carbonyl (C=O) groups excluding carboxylic acids is 3. The molecule has 140 valence electrons. The van der Waals surface area contributed by atoms with Crippen LogP contribution in [0.25, 0.3) is 0 Å². The first-order valence-corrected chi connectivity index (χ1v) is 9.80. The minimum Gasteiger partial charge on any atom is -0.321 e. The van der Waals surface area contributed by atoms with Gasteiger partial charge in [0, 0.05) is 12.6 Å². The summed E-state index contributed by atoms with van der Waals surface area (Å²) in [5, 5.41) is 2.06. The maximum Gasteiger partial charge on any atom is 0.263 e. The highest BCUT2D eigenvalue weighted by atomic mass is 32.2. The summed E-state index contributed by atoms with van der Waals surface area (Å²) in [6, 6.07) is 10.2. The summed E-state index contributed by atoms with van der Waals surface area (Å²) in [4.78, 5) is 37.9. The third-order valence-electron chi connectivity index (χ3n) is 4.43. The molecule has 2 aromatic rings. The largest absolute Gasteiger partial charge is 0.321 e. The first kappa shape index (κ1) is 18.8. The predicted molar refractivity (Wildman–Crippen MR) is 99.6 cm³/mol. The number of nitrogens with zero attached hydrogens (tertiary/aromatic N) is 1. The Morgan fingerprint density at radius 2 is 1.63 bits per heavy atom. The molecular formula is C19H18N2O5S. The fraction of sp³-hybridized carbons (Fsp3) is 0.211. The number of carbonyl (C=O) groups is 3. The van der Waals surface area contributed by atoms with E-state index in [9.17, 15) is 22.8 Å². The zero-order chi connectivity index (χ0) is 19.9. The molecule has 3 amide bonds. The highest BCUT2D eigenvalue weighted by Gasteiger charge is 2.35. The first-order chi connectivity index (χ1) is 12.6. The number of benzene rings is 2. The third-order valence-corrected chi connectivity index (χ3v) is 6.60. The average molecular weight is 386 g/mol. The number of imide groups is 1. The van der Waals surface area contributed by atoms with Crippen LogP contribution in [0.5, 0.6) is 0 Å². The average Bonchev–Trinajstić information content (AvgIpc) is 2.87. The van der Waals surface area contributed by atoms with Crippen LogP contribution >= 0.6 is 0 Å². The highest BCUT2D eigenvalue weighted by molar-refractivity contribution is 7.92. The minimum atomic E-state index is -3.43. The zero-order valence-corrected chi connectivity index (χ0v) is 15.8. The summed E-state index contributed by atoms with van der Waals surface area (Å²) in [5.41, 5.74) is 0.857. The molecule has 0 bridgehead atoms. The second kappa shape index (κ2) is 6.62. The number of nitrogens with one attached hydrogen (secondary N) is 1. The first-order valence-electron chi connectivity index (χ1n) is 8.25. The highest BCUT2D eigenvalue weighted by Crippen LogP contribution is 2.29. The standard InChI is InChI=1S/C19H18N2O5S/c1-11(2)27(25,26)13-9-7-12(8-10-13)17(22)20-15-6-4-5-14-16(15)19(24)21(3)18(14)23/h4-11H,1-3H3,(H,20,22). The second-order valence-corrected chi connectivity index (χ2v) is 8.97. The van der Waals surface area contributed by atoms with Crippen LogP contribution in [0.15, 0.2) is 47.4 Å². The number of fused-ring (bicyclic) bond motifs is 1. The normalized spacial score (nSPS) is 13.9. The molecule has 0 atom stereocenters. The van der Waals surface area contributed by atoms with Crippen molar-refractivity contribution in [2.45, 2.75) is 24.0 Å². The van der Waals surface area contributed by atoms with Crippen molar-refractivity contribution in [3.63, 3.8) is 0 Å². The lowest BCUT2D eigenvalue weighted by molar-refractivity contribution is 0.0693. The van der Waals surface area contributed by atoms with E-state index in [0.29, 0.717) is 0 Å². The maximum atomic E-state index is 12.5. The SMILES string of the molecule is CC(C)S(=O)(=O)c1ccc(C(=O)Nc2cccc3c2C(=O)N(C)C3=O)cc1. The minimum absolute atomic E-state index is 0.136. The van der Waals surface area contributed by atoms with Gasteiger partial charge in [0.25, 0.3) is 17.7 Å². The van der Waals surface area contributed by atoms with Gasteiger partial charge in [-0.1, -0.05) is 6.07 Å². The number of hydrogen-bond donors (Lipinski definition) is 1. The van der Waals surface area contributed by atoms with Crippen LogP contribution in [0, 0.1) is 0 Å². The van der Waals surface area contributed by atoms with Crippen LogP contribution in [0.3, 0.4) is 0 Å². The molecule has 0 saturated heterocycles. The molecule has 0 aromatic heterocycles. The molecule has 0 unspecified atom stereocenters. The molecule has 3 rings (SSSR count). The fourth-order valence-corrected chi connectivity index (χ4v) is 3.83. The van der Waals surface area contributed by atoms with E-state index < -0.39 is 32.8 Å². The van der Waals surface area contributed by atoms with Gasteiger partial charge in [0.05, 0.1) is 27.0 Å². The third kappa shape index (κ3) is 3.12. The molecule has 1 N–H and O–H groups in total. The molecule has 7 nitrogen and oxygen atoms in total. The van der Waals surface area contributed by atoms with Gasteiger partial charge in [-0.05, 0) is 50.2 Å².